The summed E-state index contributed by atoms with van der Waals surface area (Å²) in [5, 5.41) is 0. The van der Waals surface area contributed by atoms with Crippen LogP contribution in [0.5, 0.6) is 5.75 Å². The monoisotopic (exact) mass is 412 g/mol. The van der Waals surface area contributed by atoms with Crippen LogP contribution < -0.4 is 4.74 Å². The molecule has 1 aromatic rings. The number of hydrogen-bond acceptors (Lipinski definition) is 3. The predicted octanol–water partition coefficient (Wildman–Crippen LogP) is 7.66. The molecular weight excluding hydrogens is 368 g/mol. The van der Waals surface area contributed by atoms with Crippen LogP contribution in [-0.2, 0) is 0 Å². The molecule has 1 aliphatic carbocycles. The van der Waals surface area contributed by atoms with E-state index < -0.39 is 0 Å². The Morgan fingerprint density at radius 1 is 1.23 bits per heavy atom. The molecule has 3 nitrogen and oxygen atoms in total. The molecular formula is C27H44N2O. The summed E-state index contributed by atoms with van der Waals surface area (Å²) in [5.41, 5.74) is 6.59. The van der Waals surface area contributed by atoms with Crippen LogP contribution in [0.1, 0.15) is 86.1 Å². The summed E-state index contributed by atoms with van der Waals surface area (Å²) in [4.78, 5) is 6.54. The molecule has 0 unspecified atom stereocenters. The second-order valence-corrected chi connectivity index (χ2v) is 8.18. The first-order valence-corrected chi connectivity index (χ1v) is 11.9. The third-order valence-corrected chi connectivity index (χ3v) is 4.97. The topological polar surface area (TPSA) is 25.4 Å². The molecule has 3 rings (SSSR count). The summed E-state index contributed by atoms with van der Waals surface area (Å²) in [6.07, 6.45) is 14.5. The summed E-state index contributed by atoms with van der Waals surface area (Å²) in [5.74, 6) is 1.65. The minimum Gasteiger partial charge on any atom is -0.491 e. The van der Waals surface area contributed by atoms with Crippen molar-refractivity contribution < 1.29 is 4.74 Å². The van der Waals surface area contributed by atoms with Gasteiger partial charge in [-0.3, -0.25) is 4.98 Å². The van der Waals surface area contributed by atoms with E-state index in [-0.39, 0.29) is 0 Å². The number of aromatic nitrogens is 1. The molecule has 168 valence electrons. The molecule has 30 heavy (non-hydrogen) atoms. The fourth-order valence-corrected chi connectivity index (χ4v) is 3.32. The lowest BCUT2D eigenvalue weighted by atomic mass is 9.91. The van der Waals surface area contributed by atoms with Crippen LogP contribution >= 0.6 is 0 Å². The van der Waals surface area contributed by atoms with Crippen molar-refractivity contribution in [1.29, 1.82) is 0 Å². The highest BCUT2D eigenvalue weighted by atomic mass is 16.5. The van der Waals surface area contributed by atoms with Crippen molar-refractivity contribution in [2.24, 2.45) is 5.92 Å². The Bertz CT molecular complexity index is 726. The molecule has 1 aromatic heterocycles. The van der Waals surface area contributed by atoms with Crippen molar-refractivity contribution in [2.45, 2.75) is 80.6 Å². The zero-order valence-electron chi connectivity index (χ0n) is 20.7. The SMILES string of the molecule is CC.CCC.CCC/C(C)=C/C1=C(C)C(c2ccncc2OCC2CC2)=CN(C)C1. The third kappa shape index (κ3) is 8.38. The number of rotatable bonds is 7. The average molecular weight is 413 g/mol. The van der Waals surface area contributed by atoms with Gasteiger partial charge in [-0.15, -0.1) is 0 Å². The van der Waals surface area contributed by atoms with Gasteiger partial charge in [0.25, 0.3) is 0 Å². The van der Waals surface area contributed by atoms with E-state index in [4.69, 9.17) is 4.74 Å². The zero-order chi connectivity index (χ0) is 22.5. The van der Waals surface area contributed by atoms with Crippen LogP contribution in [0.25, 0.3) is 5.57 Å². The maximum atomic E-state index is 6.09. The van der Waals surface area contributed by atoms with Gasteiger partial charge in [-0.1, -0.05) is 59.1 Å². The zero-order valence-corrected chi connectivity index (χ0v) is 20.7. The van der Waals surface area contributed by atoms with E-state index in [9.17, 15) is 0 Å². The highest BCUT2D eigenvalue weighted by Gasteiger charge is 2.24. The highest BCUT2D eigenvalue weighted by molar-refractivity contribution is 5.83. The molecule has 0 spiro atoms. The lowest BCUT2D eigenvalue weighted by Crippen LogP contribution is -2.20. The second kappa shape index (κ2) is 14.1. The van der Waals surface area contributed by atoms with E-state index in [2.05, 4.69) is 69.9 Å². The Kier molecular flexibility index (Phi) is 12.2. The molecule has 1 fully saturated rings. The summed E-state index contributed by atoms with van der Waals surface area (Å²) in [6, 6.07) is 2.08. The van der Waals surface area contributed by atoms with Gasteiger partial charge in [-0.05, 0) is 56.2 Å². The average Bonchev–Trinajstić information content (AvgIpc) is 3.56. The van der Waals surface area contributed by atoms with Crippen molar-refractivity contribution in [2.75, 3.05) is 20.2 Å². The van der Waals surface area contributed by atoms with Gasteiger partial charge in [0, 0.05) is 37.1 Å². The predicted molar refractivity (Wildman–Crippen MR) is 132 cm³/mol. The standard InChI is InChI=1S/C22H30N2O.C3H8.C2H6/c1-5-6-16(2)11-19-13-24(4)14-21(17(19)3)20-9-10-23-12-22(20)25-15-18-7-8-18;1-3-2;1-2/h9-12,14,18H,5-8,13,15H2,1-4H3;3H2,1-2H3;1-2H3/b16-11+;;. The van der Waals surface area contributed by atoms with Gasteiger partial charge in [0.2, 0.25) is 0 Å². The number of pyridine rings is 1. The minimum atomic E-state index is 0.739. The largest absolute Gasteiger partial charge is 0.491 e. The maximum Gasteiger partial charge on any atom is 0.145 e. The Morgan fingerprint density at radius 2 is 1.90 bits per heavy atom. The molecule has 2 aliphatic rings. The van der Waals surface area contributed by atoms with Crippen LogP contribution in [0, 0.1) is 5.92 Å². The van der Waals surface area contributed by atoms with Gasteiger partial charge in [0.1, 0.15) is 5.75 Å². The van der Waals surface area contributed by atoms with Crippen LogP contribution in [0.4, 0.5) is 0 Å². The quantitative estimate of drug-likeness (QED) is 0.459. The molecule has 0 atom stereocenters. The first kappa shape index (κ1) is 26.0. The highest BCUT2D eigenvalue weighted by Crippen LogP contribution is 2.36. The number of hydrogen-bond donors (Lipinski definition) is 0. The third-order valence-electron chi connectivity index (χ3n) is 4.97. The molecule has 0 aromatic carbocycles. The minimum absolute atomic E-state index is 0.739. The molecule has 0 N–H and O–H groups in total. The first-order valence-electron chi connectivity index (χ1n) is 11.9. The fourth-order valence-electron chi connectivity index (χ4n) is 3.32. The van der Waals surface area contributed by atoms with Crippen LogP contribution in [0.15, 0.2) is 47.5 Å². The number of likely N-dealkylation sites (N-methyl/N-ethyl adjacent to an activating group) is 1. The normalized spacial score (nSPS) is 16.2. The van der Waals surface area contributed by atoms with Crippen molar-refractivity contribution in [3.8, 4) is 5.75 Å². The summed E-state index contributed by atoms with van der Waals surface area (Å²) >= 11 is 0. The molecule has 0 amide bonds. The molecule has 3 heteroatoms. The lowest BCUT2D eigenvalue weighted by Gasteiger charge is -2.27. The smallest absolute Gasteiger partial charge is 0.145 e. The summed E-state index contributed by atoms with van der Waals surface area (Å²) < 4.78 is 6.09. The van der Waals surface area contributed by atoms with Crippen molar-refractivity contribution >= 4 is 5.57 Å². The number of ether oxygens (including phenoxy) is 1. The first-order chi connectivity index (χ1) is 14.5. The Balaban J connectivity index is 0.000000826. The van der Waals surface area contributed by atoms with Crippen molar-refractivity contribution in [3.05, 3.63) is 53.0 Å². The van der Waals surface area contributed by atoms with E-state index in [1.807, 2.05) is 26.2 Å². The molecule has 1 saturated carbocycles. The summed E-state index contributed by atoms with van der Waals surface area (Å²) in [6.45, 7) is 16.7. The van der Waals surface area contributed by atoms with Crippen LogP contribution in [-0.4, -0.2) is 30.1 Å². The van der Waals surface area contributed by atoms with Gasteiger partial charge in [0.15, 0.2) is 0 Å². The van der Waals surface area contributed by atoms with Crippen LogP contribution in [0.2, 0.25) is 0 Å². The van der Waals surface area contributed by atoms with Gasteiger partial charge < -0.3 is 9.64 Å². The molecule has 1 aliphatic heterocycles. The molecule has 0 saturated heterocycles. The molecule has 0 radical (unpaired) electrons. The second-order valence-electron chi connectivity index (χ2n) is 8.18. The van der Waals surface area contributed by atoms with Crippen molar-refractivity contribution in [3.63, 3.8) is 0 Å². The lowest BCUT2D eigenvalue weighted by molar-refractivity contribution is 0.298. The van der Waals surface area contributed by atoms with Gasteiger partial charge >= 0.3 is 0 Å². The summed E-state index contributed by atoms with van der Waals surface area (Å²) in [7, 11) is 2.14. The van der Waals surface area contributed by atoms with Crippen molar-refractivity contribution in [1.82, 2.24) is 9.88 Å². The van der Waals surface area contributed by atoms with Gasteiger partial charge in [-0.2, -0.15) is 0 Å². The van der Waals surface area contributed by atoms with Crippen LogP contribution in [0.3, 0.4) is 0 Å². The van der Waals surface area contributed by atoms with Gasteiger partial charge in [0.05, 0.1) is 12.8 Å². The van der Waals surface area contributed by atoms with E-state index >= 15 is 0 Å². The number of nitrogens with zero attached hydrogens (tertiary/aromatic N) is 2. The Hall–Kier alpha value is -2.03. The molecule has 2 heterocycles. The van der Waals surface area contributed by atoms with E-state index in [1.165, 1.54) is 48.0 Å². The number of allylic oxidation sites excluding steroid dienone is 3. The fraction of sp³-hybridized carbons (Fsp3) is 0.593. The Morgan fingerprint density at radius 3 is 2.50 bits per heavy atom. The van der Waals surface area contributed by atoms with E-state index in [0.717, 1.165) is 36.8 Å². The van der Waals surface area contributed by atoms with E-state index in [0.29, 0.717) is 0 Å². The Labute approximate surface area is 185 Å². The van der Waals surface area contributed by atoms with Gasteiger partial charge in [-0.25, -0.2) is 0 Å². The maximum absolute atomic E-state index is 6.09. The molecule has 0 bridgehead atoms. The van der Waals surface area contributed by atoms with E-state index in [1.54, 1.807) is 0 Å².